The van der Waals surface area contributed by atoms with Gasteiger partial charge in [0, 0.05) is 35.7 Å². The molecule has 2 heterocycles. The van der Waals surface area contributed by atoms with Crippen LogP contribution in [0.2, 0.25) is 0 Å². The van der Waals surface area contributed by atoms with Gasteiger partial charge in [-0.3, -0.25) is 4.79 Å². The number of H-pyrrole nitrogens is 1. The van der Waals surface area contributed by atoms with E-state index >= 15 is 0 Å². The van der Waals surface area contributed by atoms with Crippen LogP contribution in [0, 0.1) is 0 Å². The molecule has 1 saturated heterocycles. The summed E-state index contributed by atoms with van der Waals surface area (Å²) in [5.74, 6) is 0.0765. The van der Waals surface area contributed by atoms with Crippen LogP contribution >= 0.6 is 0 Å². The molecular formula is C16H22N4O. The van der Waals surface area contributed by atoms with Crippen LogP contribution in [0.4, 0.5) is 5.69 Å². The highest BCUT2D eigenvalue weighted by atomic mass is 16.2. The number of amides is 1. The number of nitrogens with two attached hydrogens (primary N) is 1. The van der Waals surface area contributed by atoms with E-state index in [1.54, 1.807) is 0 Å². The first kappa shape index (κ1) is 13.9. The molecule has 0 radical (unpaired) electrons. The lowest BCUT2D eigenvalue weighted by atomic mass is 10.2. The fourth-order valence-electron chi connectivity index (χ4n) is 3.10. The number of anilines is 1. The largest absolute Gasteiger partial charge is 0.399 e. The molecule has 112 valence electrons. The first-order chi connectivity index (χ1) is 10.0. The third-order valence-electron chi connectivity index (χ3n) is 4.18. The third kappa shape index (κ3) is 2.74. The van der Waals surface area contributed by atoms with Crippen LogP contribution in [-0.4, -0.2) is 53.4 Å². The SMILES string of the molecule is CC1CN(C)CCCN1C(=O)c1cc2cc(N)ccc2[nH]1. The normalized spacial score (nSPS) is 20.7. The molecule has 1 unspecified atom stereocenters. The zero-order chi connectivity index (χ0) is 15.0. The van der Waals surface area contributed by atoms with Gasteiger partial charge in [0.15, 0.2) is 0 Å². The van der Waals surface area contributed by atoms with Gasteiger partial charge in [-0.15, -0.1) is 0 Å². The van der Waals surface area contributed by atoms with Crippen molar-refractivity contribution >= 4 is 22.5 Å². The van der Waals surface area contributed by atoms with Crippen molar-refractivity contribution in [3.8, 4) is 0 Å². The second kappa shape index (κ2) is 5.41. The number of nitrogens with zero attached hydrogens (tertiary/aromatic N) is 2. The van der Waals surface area contributed by atoms with Crippen LogP contribution in [0.1, 0.15) is 23.8 Å². The van der Waals surface area contributed by atoms with Crippen molar-refractivity contribution in [3.63, 3.8) is 0 Å². The lowest BCUT2D eigenvalue weighted by Crippen LogP contribution is -2.42. The predicted octanol–water partition coefficient (Wildman–Crippen LogP) is 1.92. The number of likely N-dealkylation sites (N-methyl/N-ethyl adjacent to an activating group) is 1. The summed E-state index contributed by atoms with van der Waals surface area (Å²) in [5, 5.41) is 0.984. The molecule has 1 atom stereocenters. The van der Waals surface area contributed by atoms with Crippen molar-refractivity contribution < 1.29 is 4.79 Å². The molecule has 1 aromatic heterocycles. The Morgan fingerprint density at radius 1 is 1.33 bits per heavy atom. The summed E-state index contributed by atoms with van der Waals surface area (Å²) >= 11 is 0. The molecule has 1 amide bonds. The third-order valence-corrected chi connectivity index (χ3v) is 4.18. The van der Waals surface area contributed by atoms with E-state index in [1.165, 1.54) is 0 Å². The van der Waals surface area contributed by atoms with Crippen LogP contribution in [-0.2, 0) is 0 Å². The Bertz CT molecular complexity index is 663. The van der Waals surface area contributed by atoms with Crippen LogP contribution in [0.5, 0.6) is 0 Å². The van der Waals surface area contributed by atoms with E-state index in [-0.39, 0.29) is 11.9 Å². The molecule has 1 fully saturated rings. The van der Waals surface area contributed by atoms with Crippen LogP contribution in [0.25, 0.3) is 10.9 Å². The zero-order valence-corrected chi connectivity index (χ0v) is 12.6. The fraction of sp³-hybridized carbons (Fsp3) is 0.438. The van der Waals surface area contributed by atoms with Gasteiger partial charge in [0.2, 0.25) is 0 Å². The van der Waals surface area contributed by atoms with Gasteiger partial charge in [0.05, 0.1) is 0 Å². The number of hydrogen-bond acceptors (Lipinski definition) is 3. The maximum absolute atomic E-state index is 12.8. The van der Waals surface area contributed by atoms with Gasteiger partial charge in [-0.05, 0) is 51.2 Å². The van der Waals surface area contributed by atoms with Crippen molar-refractivity contribution in [2.45, 2.75) is 19.4 Å². The maximum Gasteiger partial charge on any atom is 0.270 e. The number of nitrogens with one attached hydrogen (secondary N) is 1. The molecule has 1 aliphatic heterocycles. The molecule has 2 aromatic rings. The number of benzene rings is 1. The highest BCUT2D eigenvalue weighted by Gasteiger charge is 2.25. The highest BCUT2D eigenvalue weighted by molar-refractivity contribution is 5.98. The Balaban J connectivity index is 1.88. The van der Waals surface area contributed by atoms with Crippen LogP contribution in [0.3, 0.4) is 0 Å². The quantitative estimate of drug-likeness (QED) is 0.787. The zero-order valence-electron chi connectivity index (χ0n) is 12.6. The summed E-state index contributed by atoms with van der Waals surface area (Å²) in [4.78, 5) is 20.2. The summed E-state index contributed by atoms with van der Waals surface area (Å²) < 4.78 is 0. The van der Waals surface area contributed by atoms with E-state index in [9.17, 15) is 4.79 Å². The highest BCUT2D eigenvalue weighted by Crippen LogP contribution is 2.20. The average Bonchev–Trinajstić information content (AvgIpc) is 2.77. The number of hydrogen-bond donors (Lipinski definition) is 2. The molecule has 0 saturated carbocycles. The van der Waals surface area contributed by atoms with Gasteiger partial charge in [-0.25, -0.2) is 0 Å². The molecule has 3 rings (SSSR count). The van der Waals surface area contributed by atoms with Crippen molar-refractivity contribution in [3.05, 3.63) is 30.0 Å². The summed E-state index contributed by atoms with van der Waals surface area (Å²) in [6.07, 6.45) is 1.01. The number of aromatic nitrogens is 1. The van der Waals surface area contributed by atoms with Gasteiger partial charge >= 0.3 is 0 Å². The molecule has 0 aliphatic carbocycles. The van der Waals surface area contributed by atoms with E-state index in [1.807, 2.05) is 29.2 Å². The Morgan fingerprint density at radius 3 is 2.95 bits per heavy atom. The smallest absolute Gasteiger partial charge is 0.270 e. The van der Waals surface area contributed by atoms with Crippen LogP contribution in [0.15, 0.2) is 24.3 Å². The number of carbonyl (C=O) groups is 1. The lowest BCUT2D eigenvalue weighted by molar-refractivity contribution is 0.0691. The van der Waals surface area contributed by atoms with E-state index < -0.39 is 0 Å². The summed E-state index contributed by atoms with van der Waals surface area (Å²) in [6, 6.07) is 7.77. The molecule has 0 bridgehead atoms. The first-order valence-electron chi connectivity index (χ1n) is 7.42. The number of rotatable bonds is 1. The van der Waals surface area contributed by atoms with Gasteiger partial charge in [-0.1, -0.05) is 0 Å². The minimum absolute atomic E-state index is 0.0765. The van der Waals surface area contributed by atoms with Crippen molar-refractivity contribution in [1.29, 1.82) is 0 Å². The summed E-state index contributed by atoms with van der Waals surface area (Å²) in [5.41, 5.74) is 8.10. The van der Waals surface area contributed by atoms with E-state index in [4.69, 9.17) is 5.73 Å². The summed E-state index contributed by atoms with van der Waals surface area (Å²) in [7, 11) is 2.11. The predicted molar refractivity (Wildman–Crippen MR) is 85.3 cm³/mol. The molecule has 1 aromatic carbocycles. The molecule has 5 nitrogen and oxygen atoms in total. The Morgan fingerprint density at radius 2 is 2.14 bits per heavy atom. The van der Waals surface area contributed by atoms with E-state index in [0.29, 0.717) is 11.4 Å². The summed E-state index contributed by atoms with van der Waals surface area (Å²) in [6.45, 7) is 4.87. The minimum Gasteiger partial charge on any atom is -0.399 e. The molecule has 3 N–H and O–H groups in total. The molecular weight excluding hydrogens is 264 g/mol. The van der Waals surface area contributed by atoms with Crippen molar-refractivity contribution in [2.75, 3.05) is 32.4 Å². The topological polar surface area (TPSA) is 65.4 Å². The first-order valence-corrected chi connectivity index (χ1v) is 7.42. The maximum atomic E-state index is 12.8. The molecule has 21 heavy (non-hydrogen) atoms. The van der Waals surface area contributed by atoms with Gasteiger partial charge < -0.3 is 20.5 Å². The van der Waals surface area contributed by atoms with Crippen LogP contribution < -0.4 is 5.73 Å². The van der Waals surface area contributed by atoms with Gasteiger partial charge in [0.1, 0.15) is 5.69 Å². The van der Waals surface area contributed by atoms with Crippen molar-refractivity contribution in [1.82, 2.24) is 14.8 Å². The fourth-order valence-corrected chi connectivity index (χ4v) is 3.10. The number of aromatic amines is 1. The number of nitrogen functional groups attached to an aromatic ring is 1. The van der Waals surface area contributed by atoms with E-state index in [0.717, 1.165) is 37.0 Å². The Hall–Kier alpha value is -2.01. The average molecular weight is 286 g/mol. The van der Waals surface area contributed by atoms with E-state index in [2.05, 4.69) is 23.9 Å². The second-order valence-corrected chi connectivity index (χ2v) is 5.99. The molecule has 5 heteroatoms. The number of fused-ring (bicyclic) bond motifs is 1. The van der Waals surface area contributed by atoms with Gasteiger partial charge in [-0.2, -0.15) is 0 Å². The van der Waals surface area contributed by atoms with Gasteiger partial charge in [0.25, 0.3) is 5.91 Å². The standard InChI is InChI=1S/C16H22N4O/c1-11-10-19(2)6-3-7-20(11)16(21)15-9-12-8-13(17)4-5-14(12)18-15/h4-5,8-9,11,18H,3,6-7,10,17H2,1-2H3. The second-order valence-electron chi connectivity index (χ2n) is 5.99. The number of carbonyl (C=O) groups excluding carboxylic acids is 1. The lowest BCUT2D eigenvalue weighted by Gasteiger charge is -2.27. The monoisotopic (exact) mass is 286 g/mol. The molecule has 1 aliphatic rings. The minimum atomic E-state index is 0.0765. The molecule has 0 spiro atoms. The Labute approximate surface area is 124 Å². The Kier molecular flexibility index (Phi) is 3.59. The van der Waals surface area contributed by atoms with Crippen molar-refractivity contribution in [2.24, 2.45) is 0 Å².